The lowest BCUT2D eigenvalue weighted by atomic mass is 9.72. The van der Waals surface area contributed by atoms with Gasteiger partial charge < -0.3 is 29.9 Å². The maximum Gasteiger partial charge on any atom is 0.187 e. The summed E-state index contributed by atoms with van der Waals surface area (Å²) in [6.07, 6.45) is 9.62. The van der Waals surface area contributed by atoms with Crippen molar-refractivity contribution in [2.45, 2.75) is 84.6 Å². The van der Waals surface area contributed by atoms with Gasteiger partial charge in [-0.25, -0.2) is 0 Å². The summed E-state index contributed by atoms with van der Waals surface area (Å²) in [6, 6.07) is 0. The summed E-state index contributed by atoms with van der Waals surface area (Å²) in [4.78, 5) is 0. The molecule has 0 spiro atoms. The fraction of sp³-hybridized carbons (Fsp3) is 0.615. The van der Waals surface area contributed by atoms with Gasteiger partial charge >= 0.3 is 0 Å². The Bertz CT molecular complexity index is 771. The van der Waals surface area contributed by atoms with Crippen molar-refractivity contribution in [1.29, 1.82) is 0 Å². The Hall–Kier alpha value is -1.54. The SMILES string of the molecule is CC1=C(\C=C/C(C)=C/C=C/C(C)=C/COC2O[C@H](CO)C(O)[C@H](O)C2O)C(C)(C)CCC1. The maximum absolute atomic E-state index is 9.99. The molecule has 0 aromatic rings. The lowest BCUT2D eigenvalue weighted by molar-refractivity contribution is -0.298. The predicted octanol–water partition coefficient (Wildman–Crippen LogP) is 3.33. The molecule has 0 saturated carbocycles. The van der Waals surface area contributed by atoms with Gasteiger partial charge in [0.2, 0.25) is 0 Å². The highest BCUT2D eigenvalue weighted by Crippen LogP contribution is 2.40. The van der Waals surface area contributed by atoms with Crippen LogP contribution in [-0.2, 0) is 9.47 Å². The van der Waals surface area contributed by atoms with Crippen molar-refractivity contribution in [2.24, 2.45) is 5.41 Å². The Morgan fingerprint density at radius 2 is 1.81 bits per heavy atom. The molecule has 0 bridgehead atoms. The van der Waals surface area contributed by atoms with Crippen LogP contribution in [0.15, 0.2) is 58.7 Å². The minimum atomic E-state index is -1.43. The standard InChI is InChI=1S/C26H40O6/c1-17(11-12-20-19(3)10-7-14-26(20,4)5)8-6-9-18(2)13-15-31-25-24(30)23(29)22(28)21(16-27)32-25/h6,8-9,11-13,21-25,27-30H,7,10,14-16H2,1-5H3/b9-6+,12-11-,17-8+,18-13+/t21-,22?,23+,24?,25?/m1/s1. The molecule has 2 rings (SSSR count). The monoisotopic (exact) mass is 448 g/mol. The summed E-state index contributed by atoms with van der Waals surface area (Å²) in [7, 11) is 0. The van der Waals surface area contributed by atoms with Crippen LogP contribution < -0.4 is 0 Å². The normalized spacial score (nSPS) is 32.3. The van der Waals surface area contributed by atoms with Crippen LogP contribution in [0.5, 0.6) is 0 Å². The predicted molar refractivity (Wildman–Crippen MR) is 126 cm³/mol. The first kappa shape index (κ1) is 26.7. The molecule has 0 aromatic carbocycles. The second-order valence-corrected chi connectivity index (χ2v) is 9.51. The molecule has 0 aromatic heterocycles. The van der Waals surface area contributed by atoms with E-state index in [1.807, 2.05) is 25.2 Å². The molecule has 32 heavy (non-hydrogen) atoms. The van der Waals surface area contributed by atoms with E-state index in [9.17, 15) is 20.4 Å². The summed E-state index contributed by atoms with van der Waals surface area (Å²) < 4.78 is 10.8. The molecular formula is C26H40O6. The zero-order chi connectivity index (χ0) is 23.9. The van der Waals surface area contributed by atoms with Crippen molar-refractivity contribution >= 4 is 0 Å². The fourth-order valence-electron chi connectivity index (χ4n) is 4.18. The smallest absolute Gasteiger partial charge is 0.187 e. The zero-order valence-corrected chi connectivity index (χ0v) is 20.0. The molecule has 2 aliphatic rings. The number of aliphatic hydroxyl groups excluding tert-OH is 4. The number of hydrogen-bond donors (Lipinski definition) is 4. The van der Waals surface area contributed by atoms with E-state index < -0.39 is 37.3 Å². The second kappa shape index (κ2) is 12.1. The van der Waals surface area contributed by atoms with E-state index in [0.29, 0.717) is 0 Å². The fourth-order valence-corrected chi connectivity index (χ4v) is 4.18. The number of ether oxygens (including phenoxy) is 2. The number of hydrogen-bond acceptors (Lipinski definition) is 6. The van der Waals surface area contributed by atoms with Crippen molar-refractivity contribution in [3.63, 3.8) is 0 Å². The molecule has 0 amide bonds. The van der Waals surface area contributed by atoms with Gasteiger partial charge in [0.15, 0.2) is 6.29 Å². The largest absolute Gasteiger partial charge is 0.394 e. The first-order valence-corrected chi connectivity index (χ1v) is 11.4. The molecule has 3 unspecified atom stereocenters. The van der Waals surface area contributed by atoms with E-state index >= 15 is 0 Å². The third-order valence-electron chi connectivity index (χ3n) is 6.29. The van der Waals surface area contributed by atoms with E-state index in [2.05, 4.69) is 45.9 Å². The van der Waals surface area contributed by atoms with Crippen LogP contribution in [-0.4, -0.2) is 64.3 Å². The molecule has 6 nitrogen and oxygen atoms in total. The molecule has 180 valence electrons. The summed E-state index contributed by atoms with van der Waals surface area (Å²) in [5, 5.41) is 38.8. The van der Waals surface area contributed by atoms with Crippen molar-refractivity contribution in [3.05, 3.63) is 58.7 Å². The average Bonchev–Trinajstić information content (AvgIpc) is 2.73. The molecule has 5 atom stereocenters. The highest BCUT2D eigenvalue weighted by molar-refractivity contribution is 5.37. The van der Waals surface area contributed by atoms with Crippen LogP contribution >= 0.6 is 0 Å². The quantitative estimate of drug-likeness (QED) is 0.425. The Balaban J connectivity index is 1.88. The average molecular weight is 449 g/mol. The van der Waals surface area contributed by atoms with Gasteiger partial charge in [0.1, 0.15) is 24.4 Å². The van der Waals surface area contributed by atoms with Gasteiger partial charge in [-0.05, 0) is 51.0 Å². The van der Waals surface area contributed by atoms with Crippen LogP contribution in [0, 0.1) is 5.41 Å². The van der Waals surface area contributed by atoms with Gasteiger partial charge in [0.25, 0.3) is 0 Å². The van der Waals surface area contributed by atoms with Crippen molar-refractivity contribution in [3.8, 4) is 0 Å². The lowest BCUT2D eigenvalue weighted by Gasteiger charge is -2.39. The van der Waals surface area contributed by atoms with E-state index in [0.717, 1.165) is 11.1 Å². The number of aliphatic hydroxyl groups is 4. The van der Waals surface area contributed by atoms with Gasteiger partial charge in [0, 0.05) is 0 Å². The van der Waals surface area contributed by atoms with Crippen molar-refractivity contribution in [1.82, 2.24) is 0 Å². The van der Waals surface area contributed by atoms with Crippen LogP contribution in [0.2, 0.25) is 0 Å². The summed E-state index contributed by atoms with van der Waals surface area (Å²) in [6.45, 7) is 10.6. The Labute approximate surface area is 192 Å². The second-order valence-electron chi connectivity index (χ2n) is 9.51. The summed E-state index contributed by atoms with van der Waals surface area (Å²) in [5.74, 6) is 0. The highest BCUT2D eigenvalue weighted by atomic mass is 16.7. The van der Waals surface area contributed by atoms with E-state index in [1.54, 1.807) is 0 Å². The van der Waals surface area contributed by atoms with Crippen molar-refractivity contribution in [2.75, 3.05) is 13.2 Å². The molecule has 1 fully saturated rings. The molecule has 1 heterocycles. The van der Waals surface area contributed by atoms with Crippen LogP contribution in [0.25, 0.3) is 0 Å². The molecule has 1 saturated heterocycles. The van der Waals surface area contributed by atoms with E-state index in [-0.39, 0.29) is 12.0 Å². The minimum Gasteiger partial charge on any atom is -0.394 e. The first-order chi connectivity index (χ1) is 15.1. The molecule has 6 heteroatoms. The Morgan fingerprint density at radius 3 is 2.47 bits per heavy atom. The van der Waals surface area contributed by atoms with Crippen molar-refractivity contribution < 1.29 is 29.9 Å². The highest BCUT2D eigenvalue weighted by Gasteiger charge is 2.43. The number of rotatable bonds is 8. The van der Waals surface area contributed by atoms with Gasteiger partial charge in [-0.1, -0.05) is 67.0 Å². The van der Waals surface area contributed by atoms with Crippen LogP contribution in [0.1, 0.15) is 53.9 Å². The van der Waals surface area contributed by atoms with Crippen LogP contribution in [0.3, 0.4) is 0 Å². The third-order valence-corrected chi connectivity index (χ3v) is 6.29. The zero-order valence-electron chi connectivity index (χ0n) is 20.0. The maximum atomic E-state index is 9.99. The van der Waals surface area contributed by atoms with E-state index in [4.69, 9.17) is 9.47 Å². The molecular weight excluding hydrogens is 408 g/mol. The number of allylic oxidation sites excluding steroid dienone is 9. The lowest BCUT2D eigenvalue weighted by Crippen LogP contribution is -2.59. The Morgan fingerprint density at radius 1 is 1.09 bits per heavy atom. The topological polar surface area (TPSA) is 99.4 Å². The molecule has 0 radical (unpaired) electrons. The van der Waals surface area contributed by atoms with Gasteiger partial charge in [-0.2, -0.15) is 0 Å². The first-order valence-electron chi connectivity index (χ1n) is 11.4. The Kier molecular flexibility index (Phi) is 10.1. The minimum absolute atomic E-state index is 0.157. The molecule has 1 aliphatic carbocycles. The molecule has 1 aliphatic heterocycles. The van der Waals surface area contributed by atoms with Gasteiger partial charge in [-0.3, -0.25) is 0 Å². The van der Waals surface area contributed by atoms with E-state index in [1.165, 1.54) is 30.4 Å². The van der Waals surface area contributed by atoms with Gasteiger partial charge in [-0.15, -0.1) is 0 Å². The third kappa shape index (κ3) is 7.24. The summed E-state index contributed by atoms with van der Waals surface area (Å²) in [5.41, 5.74) is 5.29. The summed E-state index contributed by atoms with van der Waals surface area (Å²) >= 11 is 0. The van der Waals surface area contributed by atoms with Gasteiger partial charge in [0.05, 0.1) is 13.2 Å². The molecule has 4 N–H and O–H groups in total. The van der Waals surface area contributed by atoms with Crippen LogP contribution in [0.4, 0.5) is 0 Å².